The van der Waals surface area contributed by atoms with Crippen molar-refractivity contribution in [2.75, 3.05) is 33.9 Å². The highest BCUT2D eigenvalue weighted by atomic mass is 35.5. The summed E-state index contributed by atoms with van der Waals surface area (Å²) in [5, 5.41) is 3.79. The van der Waals surface area contributed by atoms with Gasteiger partial charge in [-0.3, -0.25) is 4.79 Å². The summed E-state index contributed by atoms with van der Waals surface area (Å²) in [6, 6.07) is 14.8. The Hall–Kier alpha value is -2.08. The Balaban J connectivity index is 1.65. The van der Waals surface area contributed by atoms with E-state index in [-0.39, 0.29) is 11.4 Å². The molecule has 0 radical (unpaired) electrons. The van der Waals surface area contributed by atoms with E-state index >= 15 is 0 Å². The van der Waals surface area contributed by atoms with Gasteiger partial charge in [0.1, 0.15) is 12.4 Å². The molecule has 150 valence electrons. The fourth-order valence-electron chi connectivity index (χ4n) is 3.40. The number of benzene rings is 2. The summed E-state index contributed by atoms with van der Waals surface area (Å²) in [4.78, 5) is 15.1. The maximum atomic E-state index is 12.9. The number of amides is 1. The predicted octanol–water partition coefficient (Wildman–Crippen LogP) is 3.76. The fourth-order valence-corrected chi connectivity index (χ4v) is 3.52. The average molecular weight is 403 g/mol. The summed E-state index contributed by atoms with van der Waals surface area (Å²) >= 11 is 5.92. The number of likely N-dealkylation sites (N-methyl/N-ethyl adjacent to an activating group) is 1. The van der Waals surface area contributed by atoms with Crippen LogP contribution in [0.25, 0.3) is 0 Å². The van der Waals surface area contributed by atoms with E-state index in [0.717, 1.165) is 31.6 Å². The number of halogens is 1. The van der Waals surface area contributed by atoms with Crippen LogP contribution in [0.1, 0.15) is 28.8 Å². The SMILES string of the molecule is CN(C)C1(CNC(=O)c2ccccc2OCc2ccc(Cl)cc2)CCOCC1. The van der Waals surface area contributed by atoms with Crippen LogP contribution in [0, 0.1) is 0 Å². The number of carbonyl (C=O) groups excluding carboxylic acids is 1. The zero-order valence-corrected chi connectivity index (χ0v) is 17.2. The van der Waals surface area contributed by atoms with Crippen molar-refractivity contribution in [3.63, 3.8) is 0 Å². The highest BCUT2D eigenvalue weighted by Gasteiger charge is 2.35. The first-order chi connectivity index (χ1) is 13.5. The molecule has 3 rings (SSSR count). The molecule has 6 heteroatoms. The van der Waals surface area contributed by atoms with Gasteiger partial charge in [-0.25, -0.2) is 0 Å². The molecule has 0 atom stereocenters. The van der Waals surface area contributed by atoms with Crippen molar-refractivity contribution in [2.45, 2.75) is 25.0 Å². The van der Waals surface area contributed by atoms with Gasteiger partial charge in [-0.15, -0.1) is 0 Å². The number of ether oxygens (including phenoxy) is 2. The molecule has 1 aliphatic heterocycles. The average Bonchev–Trinajstić information content (AvgIpc) is 2.72. The van der Waals surface area contributed by atoms with E-state index in [4.69, 9.17) is 21.1 Å². The van der Waals surface area contributed by atoms with E-state index in [9.17, 15) is 4.79 Å². The van der Waals surface area contributed by atoms with Crippen LogP contribution in [0.2, 0.25) is 5.02 Å². The van der Waals surface area contributed by atoms with Crippen molar-refractivity contribution < 1.29 is 14.3 Å². The number of nitrogens with one attached hydrogen (secondary N) is 1. The minimum atomic E-state index is -0.126. The number of hydrogen-bond donors (Lipinski definition) is 1. The summed E-state index contributed by atoms with van der Waals surface area (Å²) < 4.78 is 11.4. The Morgan fingerprint density at radius 3 is 2.50 bits per heavy atom. The summed E-state index contributed by atoms with van der Waals surface area (Å²) in [5.74, 6) is 0.445. The van der Waals surface area contributed by atoms with Gasteiger partial charge in [0, 0.05) is 30.3 Å². The molecule has 2 aromatic rings. The highest BCUT2D eigenvalue weighted by molar-refractivity contribution is 6.30. The molecule has 0 unspecified atom stereocenters. The third kappa shape index (κ3) is 5.04. The van der Waals surface area contributed by atoms with Crippen molar-refractivity contribution in [3.05, 3.63) is 64.7 Å². The molecule has 0 saturated carbocycles. The molecule has 1 saturated heterocycles. The van der Waals surface area contributed by atoms with Crippen LogP contribution < -0.4 is 10.1 Å². The number of carbonyl (C=O) groups is 1. The molecule has 0 bridgehead atoms. The van der Waals surface area contributed by atoms with Crippen LogP contribution in [-0.2, 0) is 11.3 Å². The highest BCUT2D eigenvalue weighted by Crippen LogP contribution is 2.26. The standard InChI is InChI=1S/C22H27ClN2O3/c1-25(2)22(11-13-27-14-12-22)16-24-21(26)19-5-3-4-6-20(19)28-15-17-7-9-18(23)10-8-17/h3-10H,11-16H2,1-2H3,(H,24,26). The molecule has 2 aromatic carbocycles. The first-order valence-electron chi connectivity index (χ1n) is 9.50. The van der Waals surface area contributed by atoms with Gasteiger partial charge in [-0.1, -0.05) is 35.9 Å². The smallest absolute Gasteiger partial charge is 0.255 e. The second-order valence-corrected chi connectivity index (χ2v) is 7.76. The third-order valence-electron chi connectivity index (χ3n) is 5.39. The lowest BCUT2D eigenvalue weighted by molar-refractivity contribution is -0.00659. The zero-order chi connectivity index (χ0) is 20.0. The largest absolute Gasteiger partial charge is 0.488 e. The van der Waals surface area contributed by atoms with Gasteiger partial charge in [0.2, 0.25) is 0 Å². The van der Waals surface area contributed by atoms with Crippen LogP contribution in [0.3, 0.4) is 0 Å². The van der Waals surface area contributed by atoms with Gasteiger partial charge in [-0.2, -0.15) is 0 Å². The third-order valence-corrected chi connectivity index (χ3v) is 5.64. The Labute approximate surface area is 171 Å². The second-order valence-electron chi connectivity index (χ2n) is 7.33. The normalized spacial score (nSPS) is 16.0. The Morgan fingerprint density at radius 1 is 1.14 bits per heavy atom. The predicted molar refractivity (Wildman–Crippen MR) is 111 cm³/mol. The zero-order valence-electron chi connectivity index (χ0n) is 16.4. The van der Waals surface area contributed by atoms with Gasteiger partial charge in [-0.05, 0) is 56.8 Å². The van der Waals surface area contributed by atoms with Crippen LogP contribution in [-0.4, -0.2) is 50.2 Å². The molecular weight excluding hydrogens is 376 g/mol. The van der Waals surface area contributed by atoms with Gasteiger partial charge < -0.3 is 19.7 Å². The van der Waals surface area contributed by atoms with Crippen LogP contribution in [0.4, 0.5) is 0 Å². The molecule has 1 fully saturated rings. The van der Waals surface area contributed by atoms with Gasteiger partial charge in [0.05, 0.1) is 5.56 Å². The van der Waals surface area contributed by atoms with E-state index in [1.165, 1.54) is 0 Å². The molecule has 5 nitrogen and oxygen atoms in total. The quantitative estimate of drug-likeness (QED) is 0.766. The second kappa shape index (κ2) is 9.41. The maximum absolute atomic E-state index is 12.9. The van der Waals surface area contributed by atoms with Crippen LogP contribution in [0.5, 0.6) is 5.75 Å². The summed E-state index contributed by atoms with van der Waals surface area (Å²) in [6.45, 7) is 2.39. The number of para-hydroxylation sites is 1. The minimum Gasteiger partial charge on any atom is -0.488 e. The van der Waals surface area contributed by atoms with Gasteiger partial charge >= 0.3 is 0 Å². The molecular formula is C22H27ClN2O3. The van der Waals surface area contributed by atoms with Gasteiger partial charge in [0.25, 0.3) is 5.91 Å². The molecule has 1 N–H and O–H groups in total. The Morgan fingerprint density at radius 2 is 1.82 bits per heavy atom. The lowest BCUT2D eigenvalue weighted by Gasteiger charge is -2.42. The molecule has 1 aliphatic rings. The molecule has 1 amide bonds. The molecule has 28 heavy (non-hydrogen) atoms. The first-order valence-corrected chi connectivity index (χ1v) is 9.88. The van der Waals surface area contributed by atoms with E-state index in [1.54, 1.807) is 6.07 Å². The van der Waals surface area contributed by atoms with Crippen molar-refractivity contribution in [3.8, 4) is 5.75 Å². The number of rotatable bonds is 7. The monoisotopic (exact) mass is 402 g/mol. The van der Waals surface area contributed by atoms with Crippen molar-refractivity contribution in [1.29, 1.82) is 0 Å². The molecule has 0 aromatic heterocycles. The first kappa shape index (κ1) is 20.6. The topological polar surface area (TPSA) is 50.8 Å². The lowest BCUT2D eigenvalue weighted by Crippen LogP contribution is -2.55. The van der Waals surface area contributed by atoms with E-state index in [1.807, 2.05) is 42.5 Å². The van der Waals surface area contributed by atoms with Crippen molar-refractivity contribution in [2.24, 2.45) is 0 Å². The van der Waals surface area contributed by atoms with Gasteiger partial charge in [0.15, 0.2) is 0 Å². The number of nitrogens with zero attached hydrogens (tertiary/aromatic N) is 1. The van der Waals surface area contributed by atoms with Crippen molar-refractivity contribution >= 4 is 17.5 Å². The summed E-state index contributed by atoms with van der Waals surface area (Å²) in [7, 11) is 4.11. The molecule has 0 aliphatic carbocycles. The number of hydrogen-bond acceptors (Lipinski definition) is 4. The lowest BCUT2D eigenvalue weighted by atomic mass is 9.88. The fraction of sp³-hybridized carbons (Fsp3) is 0.409. The molecule has 1 heterocycles. The maximum Gasteiger partial charge on any atom is 0.255 e. The summed E-state index contributed by atoms with van der Waals surface area (Å²) in [6.07, 6.45) is 1.80. The Kier molecular flexibility index (Phi) is 6.94. The van der Waals surface area contributed by atoms with E-state index in [2.05, 4.69) is 24.3 Å². The van der Waals surface area contributed by atoms with Crippen molar-refractivity contribution in [1.82, 2.24) is 10.2 Å². The van der Waals surface area contributed by atoms with Crippen LogP contribution in [0.15, 0.2) is 48.5 Å². The van der Waals surface area contributed by atoms with E-state index in [0.29, 0.717) is 29.5 Å². The molecule has 0 spiro atoms. The summed E-state index contributed by atoms with van der Waals surface area (Å²) in [5.41, 5.74) is 1.46. The Bertz CT molecular complexity index is 787. The van der Waals surface area contributed by atoms with Crippen LogP contribution >= 0.6 is 11.6 Å². The van der Waals surface area contributed by atoms with E-state index < -0.39 is 0 Å². The minimum absolute atomic E-state index is 0.0764.